The minimum absolute atomic E-state index is 0.160. The van der Waals surface area contributed by atoms with E-state index in [1.807, 2.05) is 13.2 Å². The molecule has 2 N–H and O–H groups in total. The lowest BCUT2D eigenvalue weighted by Gasteiger charge is -2.18. The summed E-state index contributed by atoms with van der Waals surface area (Å²) in [6, 6.07) is 4.43. The highest BCUT2D eigenvalue weighted by atomic mass is 32.2. The number of anilines is 1. The minimum atomic E-state index is -1.01. The zero-order chi connectivity index (χ0) is 14.4. The molecule has 0 spiro atoms. The molecule has 5 nitrogen and oxygen atoms in total. The molecule has 0 aromatic heterocycles. The second kappa shape index (κ2) is 7.04. The summed E-state index contributed by atoms with van der Waals surface area (Å²) in [7, 11) is 1.71. The first-order valence-corrected chi connectivity index (χ1v) is 7.20. The Hall–Kier alpha value is -1.69. The highest BCUT2D eigenvalue weighted by molar-refractivity contribution is 7.98. The topological polar surface area (TPSA) is 69.6 Å². The fourth-order valence-electron chi connectivity index (χ4n) is 1.43. The van der Waals surface area contributed by atoms with E-state index in [1.165, 1.54) is 12.1 Å². The van der Waals surface area contributed by atoms with E-state index in [4.69, 9.17) is 5.11 Å². The summed E-state index contributed by atoms with van der Waals surface area (Å²) in [6.07, 6.45) is 1.98. The number of carbonyl (C=O) groups excluding carboxylic acids is 1. The van der Waals surface area contributed by atoms with E-state index < -0.39 is 5.97 Å². The van der Waals surface area contributed by atoms with Gasteiger partial charge in [-0.1, -0.05) is 6.07 Å². The molecule has 0 aliphatic heterocycles. The van der Waals surface area contributed by atoms with Crippen LogP contribution in [-0.2, 0) is 0 Å². The lowest BCUT2D eigenvalue weighted by Crippen LogP contribution is -2.33. The molecule has 1 rings (SSSR count). The SMILES string of the molecule is CSCCN(C)C(=O)Nc1cc(C(=O)O)ccc1C. The summed E-state index contributed by atoms with van der Waals surface area (Å²) in [6.45, 7) is 2.47. The zero-order valence-corrected chi connectivity index (χ0v) is 12.1. The molecule has 1 aromatic rings. The first-order valence-electron chi connectivity index (χ1n) is 5.80. The van der Waals surface area contributed by atoms with Crippen molar-refractivity contribution in [2.75, 3.05) is 30.9 Å². The molecular formula is C13H18N2O3S. The molecule has 0 heterocycles. The fourth-order valence-corrected chi connectivity index (χ4v) is 1.89. The first-order chi connectivity index (χ1) is 8.95. The summed E-state index contributed by atoms with van der Waals surface area (Å²) in [5.74, 6) is -0.149. The van der Waals surface area contributed by atoms with Crippen LogP contribution in [0.25, 0.3) is 0 Å². The van der Waals surface area contributed by atoms with Crippen molar-refractivity contribution in [1.29, 1.82) is 0 Å². The van der Waals surface area contributed by atoms with Crippen molar-refractivity contribution < 1.29 is 14.7 Å². The lowest BCUT2D eigenvalue weighted by molar-refractivity contribution is 0.0697. The molecule has 6 heteroatoms. The Morgan fingerprint density at radius 1 is 1.42 bits per heavy atom. The molecule has 0 aliphatic carbocycles. The van der Waals surface area contributed by atoms with Crippen LogP contribution in [0.3, 0.4) is 0 Å². The maximum Gasteiger partial charge on any atom is 0.335 e. The number of carbonyl (C=O) groups is 2. The van der Waals surface area contributed by atoms with E-state index in [0.29, 0.717) is 12.2 Å². The van der Waals surface area contributed by atoms with Gasteiger partial charge in [0.1, 0.15) is 0 Å². The molecule has 0 radical (unpaired) electrons. The molecule has 0 saturated heterocycles. The molecule has 0 fully saturated rings. The van der Waals surface area contributed by atoms with E-state index in [0.717, 1.165) is 11.3 Å². The maximum absolute atomic E-state index is 11.9. The van der Waals surface area contributed by atoms with Gasteiger partial charge in [0.05, 0.1) is 5.56 Å². The number of benzene rings is 1. The molecule has 0 saturated carbocycles. The Morgan fingerprint density at radius 2 is 2.11 bits per heavy atom. The molecular weight excluding hydrogens is 264 g/mol. The van der Waals surface area contributed by atoms with Crippen LogP contribution in [0.2, 0.25) is 0 Å². The number of urea groups is 1. The summed E-state index contributed by atoms with van der Waals surface area (Å²) >= 11 is 1.66. The predicted molar refractivity (Wildman–Crippen MR) is 78.2 cm³/mol. The van der Waals surface area contributed by atoms with Crippen molar-refractivity contribution in [1.82, 2.24) is 4.90 Å². The van der Waals surface area contributed by atoms with Crippen molar-refractivity contribution in [2.45, 2.75) is 6.92 Å². The average molecular weight is 282 g/mol. The highest BCUT2D eigenvalue weighted by Crippen LogP contribution is 2.17. The number of aryl methyl sites for hydroxylation is 1. The molecule has 0 unspecified atom stereocenters. The van der Waals surface area contributed by atoms with Gasteiger partial charge in [0.2, 0.25) is 0 Å². The van der Waals surface area contributed by atoms with Gasteiger partial charge >= 0.3 is 12.0 Å². The third-order valence-corrected chi connectivity index (χ3v) is 3.29. The highest BCUT2D eigenvalue weighted by Gasteiger charge is 2.11. The van der Waals surface area contributed by atoms with Gasteiger partial charge in [-0.05, 0) is 30.9 Å². The van der Waals surface area contributed by atoms with Crippen molar-refractivity contribution in [3.63, 3.8) is 0 Å². The van der Waals surface area contributed by atoms with Gasteiger partial charge in [0, 0.05) is 25.0 Å². The van der Waals surface area contributed by atoms with Gasteiger partial charge in [0.15, 0.2) is 0 Å². The third kappa shape index (κ3) is 4.48. The quantitative estimate of drug-likeness (QED) is 0.870. The van der Waals surface area contributed by atoms with Crippen LogP contribution < -0.4 is 5.32 Å². The predicted octanol–water partition coefficient (Wildman–Crippen LogP) is 2.52. The molecule has 19 heavy (non-hydrogen) atoms. The summed E-state index contributed by atoms with van der Waals surface area (Å²) in [4.78, 5) is 24.4. The van der Waals surface area contributed by atoms with Gasteiger partial charge in [-0.3, -0.25) is 0 Å². The number of thioether (sulfide) groups is 1. The molecule has 0 bridgehead atoms. The van der Waals surface area contributed by atoms with E-state index in [9.17, 15) is 9.59 Å². The standard InChI is InChI=1S/C13H18N2O3S/c1-9-4-5-10(12(16)17)8-11(9)14-13(18)15(2)6-7-19-3/h4-5,8H,6-7H2,1-3H3,(H,14,18)(H,16,17). The van der Waals surface area contributed by atoms with Crippen molar-refractivity contribution in [3.05, 3.63) is 29.3 Å². The molecule has 0 aliphatic rings. The molecule has 2 amide bonds. The van der Waals surface area contributed by atoms with Crippen LogP contribution in [0.4, 0.5) is 10.5 Å². The monoisotopic (exact) mass is 282 g/mol. The van der Waals surface area contributed by atoms with Crippen molar-refractivity contribution in [3.8, 4) is 0 Å². The third-order valence-electron chi connectivity index (χ3n) is 2.70. The number of carboxylic acids is 1. The van der Waals surface area contributed by atoms with Gasteiger partial charge < -0.3 is 15.3 Å². The Labute approximate surface area is 117 Å². The number of amides is 2. The Kier molecular flexibility index (Phi) is 5.69. The smallest absolute Gasteiger partial charge is 0.335 e. The summed E-state index contributed by atoms with van der Waals surface area (Å²) < 4.78 is 0. The summed E-state index contributed by atoms with van der Waals surface area (Å²) in [5, 5.41) is 11.7. The van der Waals surface area contributed by atoms with Crippen molar-refractivity contribution >= 4 is 29.4 Å². The number of carboxylic acid groups (broad SMARTS) is 1. The van der Waals surface area contributed by atoms with Crippen LogP contribution in [0, 0.1) is 6.92 Å². The number of nitrogens with one attached hydrogen (secondary N) is 1. The first kappa shape index (κ1) is 15.4. The average Bonchev–Trinajstić information content (AvgIpc) is 2.38. The summed E-state index contributed by atoms with van der Waals surface area (Å²) in [5.41, 5.74) is 1.52. The van der Waals surface area contributed by atoms with E-state index in [1.54, 1.807) is 29.8 Å². The Bertz CT molecular complexity index is 477. The van der Waals surface area contributed by atoms with Crippen LogP contribution in [0.1, 0.15) is 15.9 Å². The van der Waals surface area contributed by atoms with Crippen LogP contribution in [0.15, 0.2) is 18.2 Å². The Balaban J connectivity index is 2.78. The molecule has 1 aromatic carbocycles. The minimum Gasteiger partial charge on any atom is -0.478 e. The van der Waals surface area contributed by atoms with Crippen LogP contribution >= 0.6 is 11.8 Å². The van der Waals surface area contributed by atoms with Crippen LogP contribution in [0.5, 0.6) is 0 Å². The molecule has 104 valence electrons. The Morgan fingerprint density at radius 3 is 2.68 bits per heavy atom. The second-order valence-electron chi connectivity index (χ2n) is 4.18. The number of rotatable bonds is 5. The number of nitrogens with zero attached hydrogens (tertiary/aromatic N) is 1. The maximum atomic E-state index is 11.9. The molecule has 0 atom stereocenters. The largest absolute Gasteiger partial charge is 0.478 e. The van der Waals surface area contributed by atoms with Crippen molar-refractivity contribution in [2.24, 2.45) is 0 Å². The van der Waals surface area contributed by atoms with E-state index in [-0.39, 0.29) is 11.6 Å². The fraction of sp³-hybridized carbons (Fsp3) is 0.385. The van der Waals surface area contributed by atoms with Gasteiger partial charge in [0.25, 0.3) is 0 Å². The van der Waals surface area contributed by atoms with Gasteiger partial charge in [-0.15, -0.1) is 0 Å². The van der Waals surface area contributed by atoms with Gasteiger partial charge in [-0.2, -0.15) is 11.8 Å². The van der Waals surface area contributed by atoms with E-state index in [2.05, 4.69) is 5.32 Å². The van der Waals surface area contributed by atoms with Crippen LogP contribution in [-0.4, -0.2) is 47.6 Å². The number of hydrogen-bond donors (Lipinski definition) is 2. The number of hydrogen-bond acceptors (Lipinski definition) is 3. The van der Waals surface area contributed by atoms with E-state index >= 15 is 0 Å². The lowest BCUT2D eigenvalue weighted by atomic mass is 10.1. The number of aromatic carboxylic acids is 1. The normalized spacial score (nSPS) is 10.1. The van der Waals surface area contributed by atoms with Gasteiger partial charge in [-0.25, -0.2) is 9.59 Å². The second-order valence-corrected chi connectivity index (χ2v) is 5.16. The zero-order valence-electron chi connectivity index (χ0n) is 11.3.